The van der Waals surface area contributed by atoms with Gasteiger partial charge in [0.1, 0.15) is 5.75 Å². The molecule has 0 saturated heterocycles. The molecule has 0 unspecified atom stereocenters. The van der Waals surface area contributed by atoms with E-state index in [4.69, 9.17) is 15.8 Å². The van der Waals surface area contributed by atoms with Gasteiger partial charge in [-0.2, -0.15) is 0 Å². The molecule has 1 aromatic rings. The fourth-order valence-electron chi connectivity index (χ4n) is 0.745. The van der Waals surface area contributed by atoms with Gasteiger partial charge in [-0.3, -0.25) is 0 Å². The van der Waals surface area contributed by atoms with Crippen LogP contribution in [0.1, 0.15) is 19.8 Å². The number of hydrogen-bond donors (Lipinski definition) is 1. The van der Waals surface area contributed by atoms with Gasteiger partial charge >= 0.3 is 0 Å². The van der Waals surface area contributed by atoms with Crippen LogP contribution in [0.15, 0.2) is 30.3 Å². The number of halogens is 1. The first-order valence-corrected chi connectivity index (χ1v) is 7.10. The predicted octanol–water partition coefficient (Wildman–Crippen LogP) is 2.75. The average molecular weight is 251 g/mol. The molecule has 1 rings (SSSR count). The van der Waals surface area contributed by atoms with Crippen molar-refractivity contribution >= 4 is 19.7 Å². The van der Waals surface area contributed by atoms with Gasteiger partial charge in [-0.15, -0.1) is 0 Å². The van der Waals surface area contributed by atoms with Crippen LogP contribution in [0.2, 0.25) is 0 Å². The number of rotatable bonds is 3. The lowest BCUT2D eigenvalue weighted by Gasteiger charge is -1.88. The summed E-state index contributed by atoms with van der Waals surface area (Å²) in [5.41, 5.74) is 0. The molecule has 0 aliphatic heterocycles. The van der Waals surface area contributed by atoms with E-state index in [0.29, 0.717) is 12.2 Å². The minimum Gasteiger partial charge on any atom is -0.508 e. The molecular formula is C10H15ClO3S. The van der Waals surface area contributed by atoms with Crippen LogP contribution in [0.3, 0.4) is 0 Å². The number of unbranched alkanes of at least 4 members (excludes halogenated alkanes) is 1. The lowest BCUT2D eigenvalue weighted by molar-refractivity contribution is 0.475. The number of aromatic hydroxyl groups is 1. The van der Waals surface area contributed by atoms with E-state index in [9.17, 15) is 8.42 Å². The largest absolute Gasteiger partial charge is 0.508 e. The molecule has 86 valence electrons. The molecule has 0 radical (unpaired) electrons. The Hall–Kier alpha value is -0.740. The third kappa shape index (κ3) is 11.2. The first-order valence-electron chi connectivity index (χ1n) is 4.62. The minimum atomic E-state index is -3.21. The second kappa shape index (κ2) is 7.54. The second-order valence-corrected chi connectivity index (χ2v) is 5.83. The molecule has 0 saturated carbocycles. The summed E-state index contributed by atoms with van der Waals surface area (Å²) < 4.78 is 20.3. The molecule has 0 heterocycles. The van der Waals surface area contributed by atoms with Gasteiger partial charge in [0.15, 0.2) is 0 Å². The van der Waals surface area contributed by atoms with Crippen LogP contribution >= 0.6 is 10.7 Å². The minimum absolute atomic E-state index is 0.102. The average Bonchev–Trinajstić information content (AvgIpc) is 2.16. The van der Waals surface area contributed by atoms with Crippen molar-refractivity contribution in [1.82, 2.24) is 0 Å². The molecule has 0 aliphatic carbocycles. The van der Waals surface area contributed by atoms with Gasteiger partial charge in [0.2, 0.25) is 9.05 Å². The summed E-state index contributed by atoms with van der Waals surface area (Å²) in [4.78, 5) is 0. The third-order valence-electron chi connectivity index (χ3n) is 1.50. The summed E-state index contributed by atoms with van der Waals surface area (Å²) in [6, 6.07) is 8.71. The quantitative estimate of drug-likeness (QED) is 0.840. The summed E-state index contributed by atoms with van der Waals surface area (Å²) >= 11 is 0. The molecule has 0 atom stereocenters. The first kappa shape index (κ1) is 14.3. The van der Waals surface area contributed by atoms with E-state index in [1.807, 2.05) is 13.0 Å². The Morgan fingerprint density at radius 3 is 2.00 bits per heavy atom. The van der Waals surface area contributed by atoms with Crippen LogP contribution in [-0.4, -0.2) is 19.3 Å². The van der Waals surface area contributed by atoms with Crippen LogP contribution in [0.4, 0.5) is 0 Å². The van der Waals surface area contributed by atoms with E-state index in [2.05, 4.69) is 0 Å². The highest BCUT2D eigenvalue weighted by Crippen LogP contribution is 2.02. The highest BCUT2D eigenvalue weighted by atomic mass is 35.7. The van der Waals surface area contributed by atoms with Gasteiger partial charge in [0.05, 0.1) is 5.75 Å². The zero-order valence-corrected chi connectivity index (χ0v) is 10.1. The van der Waals surface area contributed by atoms with Crippen molar-refractivity contribution in [1.29, 1.82) is 0 Å². The lowest BCUT2D eigenvalue weighted by atomic mass is 10.3. The number of phenolic OH excluding ortho intramolecular Hbond substituents is 1. The summed E-state index contributed by atoms with van der Waals surface area (Å²) in [6.45, 7) is 1.92. The van der Waals surface area contributed by atoms with Gasteiger partial charge in [0, 0.05) is 10.7 Å². The Morgan fingerprint density at radius 2 is 1.80 bits per heavy atom. The molecule has 0 bridgehead atoms. The topological polar surface area (TPSA) is 54.4 Å². The maximum absolute atomic E-state index is 10.2. The maximum Gasteiger partial charge on any atom is 0.232 e. The Bertz CT molecular complexity index is 348. The molecule has 1 aromatic carbocycles. The highest BCUT2D eigenvalue weighted by molar-refractivity contribution is 8.13. The van der Waals surface area contributed by atoms with Gasteiger partial charge in [0.25, 0.3) is 0 Å². The fraction of sp³-hybridized carbons (Fsp3) is 0.400. The molecule has 1 N–H and O–H groups in total. The monoisotopic (exact) mass is 250 g/mol. The van der Waals surface area contributed by atoms with E-state index in [-0.39, 0.29) is 5.75 Å². The van der Waals surface area contributed by atoms with E-state index < -0.39 is 9.05 Å². The molecule has 0 aliphatic rings. The van der Waals surface area contributed by atoms with Crippen molar-refractivity contribution in [2.75, 3.05) is 5.75 Å². The smallest absolute Gasteiger partial charge is 0.232 e. The van der Waals surface area contributed by atoms with E-state index >= 15 is 0 Å². The summed E-state index contributed by atoms with van der Waals surface area (Å²) in [5.74, 6) is 0.424. The first-order chi connectivity index (χ1) is 6.95. The van der Waals surface area contributed by atoms with Crippen LogP contribution in [0.25, 0.3) is 0 Å². The lowest BCUT2D eigenvalue weighted by Crippen LogP contribution is -1.94. The normalized spacial score (nSPS) is 10.3. The summed E-state index contributed by atoms with van der Waals surface area (Å²) in [7, 11) is 1.67. The predicted molar refractivity (Wildman–Crippen MR) is 62.7 cm³/mol. The van der Waals surface area contributed by atoms with Gasteiger partial charge in [-0.05, 0) is 18.6 Å². The molecule has 3 nitrogen and oxygen atoms in total. The molecule has 15 heavy (non-hydrogen) atoms. The number of para-hydroxylation sites is 1. The van der Waals surface area contributed by atoms with Crippen LogP contribution in [0.5, 0.6) is 5.75 Å². The number of benzene rings is 1. The van der Waals surface area contributed by atoms with Crippen molar-refractivity contribution in [2.45, 2.75) is 19.8 Å². The Kier molecular flexibility index (Phi) is 7.17. The SMILES string of the molecule is CCCCS(=O)(=O)Cl.Oc1ccccc1. The van der Waals surface area contributed by atoms with Crippen molar-refractivity contribution < 1.29 is 13.5 Å². The second-order valence-electron chi connectivity index (χ2n) is 2.93. The van der Waals surface area contributed by atoms with Crippen molar-refractivity contribution in [3.05, 3.63) is 30.3 Å². The van der Waals surface area contributed by atoms with Crippen molar-refractivity contribution in [3.63, 3.8) is 0 Å². The molecule has 0 amide bonds. The zero-order valence-electron chi connectivity index (χ0n) is 8.56. The Labute approximate surface area is 95.1 Å². The maximum atomic E-state index is 10.2. The van der Waals surface area contributed by atoms with Gasteiger partial charge in [-0.1, -0.05) is 31.5 Å². The standard InChI is InChI=1S/C6H6O.C4H9ClO2S/c7-6-4-2-1-3-5-6;1-2-3-4-8(5,6)7/h1-5,7H;2-4H2,1H3. The summed E-state index contributed by atoms with van der Waals surface area (Å²) in [5, 5.41) is 8.63. The molecule has 5 heteroatoms. The van der Waals surface area contributed by atoms with Gasteiger partial charge < -0.3 is 5.11 Å². The molecule has 0 fully saturated rings. The van der Waals surface area contributed by atoms with Gasteiger partial charge in [-0.25, -0.2) is 8.42 Å². The third-order valence-corrected chi connectivity index (χ3v) is 2.74. The van der Waals surface area contributed by atoms with Crippen LogP contribution in [-0.2, 0) is 9.05 Å². The van der Waals surface area contributed by atoms with Crippen molar-refractivity contribution in [2.24, 2.45) is 0 Å². The van der Waals surface area contributed by atoms with E-state index in [1.165, 1.54) is 0 Å². The van der Waals surface area contributed by atoms with Crippen LogP contribution in [0, 0.1) is 0 Å². The van der Waals surface area contributed by atoms with Crippen LogP contribution < -0.4 is 0 Å². The van der Waals surface area contributed by atoms with Crippen molar-refractivity contribution in [3.8, 4) is 5.75 Å². The fourth-order valence-corrected chi connectivity index (χ4v) is 1.71. The molecular weight excluding hydrogens is 236 g/mol. The Morgan fingerprint density at radius 1 is 1.27 bits per heavy atom. The zero-order chi connectivity index (χ0) is 11.7. The molecule has 0 aromatic heterocycles. The molecule has 0 spiro atoms. The number of phenols is 1. The van der Waals surface area contributed by atoms with E-state index in [0.717, 1.165) is 6.42 Å². The van der Waals surface area contributed by atoms with E-state index in [1.54, 1.807) is 24.3 Å². The Balaban J connectivity index is 0.000000262. The summed E-state index contributed by atoms with van der Waals surface area (Å²) in [6.07, 6.45) is 1.53. The highest BCUT2D eigenvalue weighted by Gasteiger charge is 2.01. The number of hydrogen-bond acceptors (Lipinski definition) is 3.